The van der Waals surface area contributed by atoms with Crippen LogP contribution in [0, 0.1) is 0 Å². The minimum Gasteiger partial charge on any atom is -0.490 e. The highest BCUT2D eigenvalue weighted by Gasteiger charge is 2.12. The van der Waals surface area contributed by atoms with Gasteiger partial charge in [0.2, 0.25) is 0 Å². The molecule has 0 heterocycles. The molecule has 0 unspecified atom stereocenters. The number of ether oxygens (including phenoxy) is 2. The van der Waals surface area contributed by atoms with E-state index in [2.05, 4.69) is 38.1 Å². The lowest BCUT2D eigenvalue weighted by Crippen LogP contribution is -2.11. The molecule has 2 rings (SSSR count). The van der Waals surface area contributed by atoms with Gasteiger partial charge in [-0.3, -0.25) is 0 Å². The zero-order valence-electron chi connectivity index (χ0n) is 13.8. The van der Waals surface area contributed by atoms with Gasteiger partial charge in [-0.1, -0.05) is 38.1 Å². The fraction of sp³-hybridized carbons (Fsp3) is 0.316. The number of benzene rings is 2. The lowest BCUT2D eigenvalue weighted by atomic mass is 9.87. The summed E-state index contributed by atoms with van der Waals surface area (Å²) in [4.78, 5) is 0. The molecule has 0 aromatic heterocycles. The average Bonchev–Trinajstić information content (AvgIpc) is 2.53. The second kappa shape index (κ2) is 7.68. The zero-order chi connectivity index (χ0) is 16.7. The van der Waals surface area contributed by atoms with Gasteiger partial charge in [0, 0.05) is 0 Å². The average molecular weight is 313 g/mol. The molecule has 122 valence electrons. The molecular formula is C19H23NO3. The molecule has 4 heteroatoms. The van der Waals surface area contributed by atoms with Gasteiger partial charge < -0.3 is 14.7 Å². The third-order valence-corrected chi connectivity index (χ3v) is 3.43. The molecule has 0 spiro atoms. The molecule has 0 atom stereocenters. The van der Waals surface area contributed by atoms with Gasteiger partial charge in [0.15, 0.2) is 0 Å². The van der Waals surface area contributed by atoms with E-state index in [1.165, 1.54) is 11.8 Å². The Kier molecular flexibility index (Phi) is 5.63. The van der Waals surface area contributed by atoms with E-state index < -0.39 is 0 Å². The summed E-state index contributed by atoms with van der Waals surface area (Å²) in [6.45, 7) is 7.51. The Labute approximate surface area is 137 Å². The van der Waals surface area contributed by atoms with Crippen LogP contribution in [0.2, 0.25) is 0 Å². The Morgan fingerprint density at radius 1 is 0.870 bits per heavy atom. The molecule has 0 fully saturated rings. The summed E-state index contributed by atoms with van der Waals surface area (Å²) >= 11 is 0. The van der Waals surface area contributed by atoms with Crippen LogP contribution in [0.4, 0.5) is 0 Å². The first-order valence-electron chi connectivity index (χ1n) is 7.63. The normalized spacial score (nSPS) is 11.6. The van der Waals surface area contributed by atoms with E-state index in [-0.39, 0.29) is 5.41 Å². The number of hydrogen-bond donors (Lipinski definition) is 1. The molecule has 1 N–H and O–H groups in total. The SMILES string of the molecule is CC(C)(C)c1ccc(OCCOc2ccc(/C=N/O)cc2)cc1. The monoisotopic (exact) mass is 313 g/mol. The van der Waals surface area contributed by atoms with E-state index in [0.717, 1.165) is 17.1 Å². The van der Waals surface area contributed by atoms with E-state index in [0.29, 0.717) is 13.2 Å². The van der Waals surface area contributed by atoms with Crippen LogP contribution in [0.1, 0.15) is 31.9 Å². The summed E-state index contributed by atoms with van der Waals surface area (Å²) in [5.41, 5.74) is 2.25. The van der Waals surface area contributed by atoms with Gasteiger partial charge in [0.05, 0.1) is 6.21 Å². The minimum atomic E-state index is 0.147. The standard InChI is InChI=1S/C19H23NO3/c1-19(2,3)16-6-10-18(11-7-16)23-13-12-22-17-8-4-15(5-9-17)14-20-21/h4-11,14,21H,12-13H2,1-3H3/b20-14+. The van der Waals surface area contributed by atoms with Gasteiger partial charge in [0.25, 0.3) is 0 Å². The van der Waals surface area contributed by atoms with Crippen molar-refractivity contribution in [3.05, 3.63) is 59.7 Å². The number of nitrogens with zero attached hydrogens (tertiary/aromatic N) is 1. The first-order chi connectivity index (χ1) is 11.0. The molecule has 0 saturated carbocycles. The lowest BCUT2D eigenvalue weighted by Gasteiger charge is -2.19. The highest BCUT2D eigenvalue weighted by Crippen LogP contribution is 2.24. The molecule has 0 saturated heterocycles. The molecule has 4 nitrogen and oxygen atoms in total. The zero-order valence-corrected chi connectivity index (χ0v) is 13.8. The van der Waals surface area contributed by atoms with Crippen molar-refractivity contribution in [1.82, 2.24) is 0 Å². The van der Waals surface area contributed by atoms with Crippen LogP contribution in [-0.4, -0.2) is 24.6 Å². The van der Waals surface area contributed by atoms with Crippen molar-refractivity contribution in [1.29, 1.82) is 0 Å². The number of hydrogen-bond acceptors (Lipinski definition) is 4. The molecular weight excluding hydrogens is 290 g/mol. The van der Waals surface area contributed by atoms with E-state index >= 15 is 0 Å². The van der Waals surface area contributed by atoms with Crippen LogP contribution in [0.5, 0.6) is 11.5 Å². The van der Waals surface area contributed by atoms with Gasteiger partial charge in [-0.05, 0) is 52.9 Å². The molecule has 0 bridgehead atoms. The van der Waals surface area contributed by atoms with Gasteiger partial charge in [0.1, 0.15) is 24.7 Å². The summed E-state index contributed by atoms with van der Waals surface area (Å²) in [5.74, 6) is 1.60. The van der Waals surface area contributed by atoms with Gasteiger partial charge in [-0.2, -0.15) is 0 Å². The van der Waals surface area contributed by atoms with Crippen LogP contribution < -0.4 is 9.47 Å². The topological polar surface area (TPSA) is 51.0 Å². The number of oxime groups is 1. The van der Waals surface area contributed by atoms with Crippen LogP contribution in [0.15, 0.2) is 53.7 Å². The highest BCUT2D eigenvalue weighted by atomic mass is 16.5. The van der Waals surface area contributed by atoms with E-state index in [4.69, 9.17) is 14.7 Å². The predicted octanol–water partition coefficient (Wildman–Crippen LogP) is 4.25. The second-order valence-corrected chi connectivity index (χ2v) is 6.28. The van der Waals surface area contributed by atoms with Gasteiger partial charge in [-0.25, -0.2) is 0 Å². The van der Waals surface area contributed by atoms with Crippen LogP contribution in [0.3, 0.4) is 0 Å². The molecule has 0 aliphatic rings. The third-order valence-electron chi connectivity index (χ3n) is 3.43. The van der Waals surface area contributed by atoms with Gasteiger partial charge in [-0.15, -0.1) is 0 Å². The van der Waals surface area contributed by atoms with Crippen molar-refractivity contribution >= 4 is 6.21 Å². The molecule has 0 aliphatic heterocycles. The summed E-state index contributed by atoms with van der Waals surface area (Å²) in [6, 6.07) is 15.5. The van der Waals surface area contributed by atoms with Crippen molar-refractivity contribution < 1.29 is 14.7 Å². The maximum Gasteiger partial charge on any atom is 0.122 e. The molecule has 0 amide bonds. The highest BCUT2D eigenvalue weighted by molar-refractivity contribution is 5.79. The summed E-state index contributed by atoms with van der Waals surface area (Å²) < 4.78 is 11.3. The van der Waals surface area contributed by atoms with Crippen LogP contribution in [-0.2, 0) is 5.41 Å². The fourth-order valence-electron chi connectivity index (χ4n) is 2.09. The molecule has 0 aliphatic carbocycles. The quantitative estimate of drug-likeness (QED) is 0.375. The Balaban J connectivity index is 1.77. The maximum atomic E-state index is 8.45. The lowest BCUT2D eigenvalue weighted by molar-refractivity contribution is 0.217. The molecule has 2 aromatic rings. The Hall–Kier alpha value is -2.49. The largest absolute Gasteiger partial charge is 0.490 e. The maximum absolute atomic E-state index is 8.45. The summed E-state index contributed by atoms with van der Waals surface area (Å²) in [7, 11) is 0. The van der Waals surface area contributed by atoms with Gasteiger partial charge >= 0.3 is 0 Å². The van der Waals surface area contributed by atoms with Crippen LogP contribution in [0.25, 0.3) is 0 Å². The Bertz CT molecular complexity index is 625. The van der Waals surface area contributed by atoms with Crippen LogP contribution >= 0.6 is 0 Å². The summed E-state index contributed by atoms with van der Waals surface area (Å²) in [5, 5.41) is 11.4. The Morgan fingerprint density at radius 3 is 1.78 bits per heavy atom. The number of rotatable bonds is 6. The molecule has 2 aromatic carbocycles. The van der Waals surface area contributed by atoms with E-state index in [1.807, 2.05) is 36.4 Å². The smallest absolute Gasteiger partial charge is 0.122 e. The van der Waals surface area contributed by atoms with E-state index in [9.17, 15) is 0 Å². The van der Waals surface area contributed by atoms with E-state index in [1.54, 1.807) is 0 Å². The summed E-state index contributed by atoms with van der Waals surface area (Å²) in [6.07, 6.45) is 1.37. The predicted molar refractivity (Wildman–Crippen MR) is 92.0 cm³/mol. The van der Waals surface area contributed by atoms with Crippen molar-refractivity contribution in [3.63, 3.8) is 0 Å². The second-order valence-electron chi connectivity index (χ2n) is 6.28. The fourth-order valence-corrected chi connectivity index (χ4v) is 2.09. The first-order valence-corrected chi connectivity index (χ1v) is 7.63. The van der Waals surface area contributed by atoms with Crippen molar-refractivity contribution in [2.45, 2.75) is 26.2 Å². The first kappa shape index (κ1) is 16.9. The molecule has 0 radical (unpaired) electrons. The molecule has 23 heavy (non-hydrogen) atoms. The van der Waals surface area contributed by atoms with Crippen molar-refractivity contribution in [2.75, 3.05) is 13.2 Å². The minimum absolute atomic E-state index is 0.147. The van der Waals surface area contributed by atoms with Crippen molar-refractivity contribution in [3.8, 4) is 11.5 Å². The third kappa shape index (κ3) is 5.33. The Morgan fingerprint density at radius 2 is 1.35 bits per heavy atom. The van der Waals surface area contributed by atoms with Crippen molar-refractivity contribution in [2.24, 2.45) is 5.16 Å².